The largest absolute Gasteiger partial charge is 0.373 e. The van der Waals surface area contributed by atoms with Gasteiger partial charge in [-0.15, -0.1) is 0 Å². The Morgan fingerprint density at radius 1 is 1.44 bits per heavy atom. The topological polar surface area (TPSA) is 106 Å². The summed E-state index contributed by atoms with van der Waals surface area (Å²) in [6.45, 7) is 0. The highest BCUT2D eigenvalue weighted by Gasteiger charge is 2.33. The molecule has 1 amide bonds. The van der Waals surface area contributed by atoms with Crippen molar-refractivity contribution in [3.05, 3.63) is 46.5 Å². The molecule has 4 rings (SSSR count). The standard InChI is InChI=1S/C17H16FN7O2/c1-19-14-7-13(21-11-4-3-5-24(2)17(11)27)23-15-9(8-20-25(14)15)16(26)22-12-6-10(12)18/h3-5,7-8,10,19H,6H2,1-2H3,(H,21,23)/t10-/m0/s1. The molecule has 0 radical (unpaired) electrons. The van der Waals surface area contributed by atoms with E-state index in [2.05, 4.69) is 25.7 Å². The van der Waals surface area contributed by atoms with Crippen molar-refractivity contribution >= 4 is 34.6 Å². The number of aliphatic imine (C=N–C) groups is 1. The fourth-order valence-electron chi connectivity index (χ4n) is 2.62. The lowest BCUT2D eigenvalue weighted by atomic mass is 10.3. The number of nitrogens with one attached hydrogen (secondary N) is 2. The van der Waals surface area contributed by atoms with E-state index >= 15 is 0 Å². The number of pyridine rings is 1. The Bertz CT molecular complexity index is 1150. The summed E-state index contributed by atoms with van der Waals surface area (Å²) in [6, 6.07) is 5.02. The summed E-state index contributed by atoms with van der Waals surface area (Å²) in [7, 11) is 3.34. The van der Waals surface area contributed by atoms with Crippen LogP contribution in [0.15, 0.2) is 40.4 Å². The molecule has 27 heavy (non-hydrogen) atoms. The van der Waals surface area contributed by atoms with Crippen LogP contribution >= 0.6 is 0 Å². The average Bonchev–Trinajstić information content (AvgIpc) is 3.16. The van der Waals surface area contributed by atoms with Gasteiger partial charge in [0.25, 0.3) is 11.5 Å². The van der Waals surface area contributed by atoms with Gasteiger partial charge in [0, 0.05) is 32.8 Å². The Hall–Kier alpha value is -3.56. The van der Waals surface area contributed by atoms with Crippen LogP contribution in [0.2, 0.25) is 0 Å². The molecule has 1 saturated carbocycles. The van der Waals surface area contributed by atoms with E-state index in [1.54, 1.807) is 38.5 Å². The first-order valence-electron chi connectivity index (χ1n) is 8.23. The Labute approximate surface area is 152 Å². The Morgan fingerprint density at radius 3 is 2.93 bits per heavy atom. The summed E-state index contributed by atoms with van der Waals surface area (Å²) in [5.74, 6) is 0.311. The predicted molar refractivity (Wildman–Crippen MR) is 98.8 cm³/mol. The highest BCUT2D eigenvalue weighted by molar-refractivity contribution is 6.14. The fraction of sp³-hybridized carbons (Fsp3) is 0.235. The molecule has 1 aliphatic rings. The summed E-state index contributed by atoms with van der Waals surface area (Å²) in [5.41, 5.74) is 0.759. The molecule has 2 N–H and O–H groups in total. The van der Waals surface area contributed by atoms with Crippen LogP contribution in [-0.4, -0.2) is 44.0 Å². The monoisotopic (exact) mass is 369 g/mol. The number of anilines is 3. The summed E-state index contributed by atoms with van der Waals surface area (Å²) in [6.07, 6.45) is 2.04. The maximum absolute atomic E-state index is 13.0. The minimum Gasteiger partial charge on any atom is -0.373 e. The van der Waals surface area contributed by atoms with Crippen LogP contribution in [0.25, 0.3) is 5.65 Å². The van der Waals surface area contributed by atoms with Crippen molar-refractivity contribution in [1.29, 1.82) is 0 Å². The van der Waals surface area contributed by atoms with Gasteiger partial charge in [-0.3, -0.25) is 9.59 Å². The van der Waals surface area contributed by atoms with Crippen LogP contribution in [-0.2, 0) is 7.05 Å². The fourth-order valence-corrected chi connectivity index (χ4v) is 2.62. The molecule has 0 aliphatic heterocycles. The lowest BCUT2D eigenvalue weighted by molar-refractivity contribution is 0.100. The van der Waals surface area contributed by atoms with E-state index in [4.69, 9.17) is 0 Å². The highest BCUT2D eigenvalue weighted by atomic mass is 19.1. The molecular weight excluding hydrogens is 353 g/mol. The molecular formula is C17H16FN7O2. The van der Waals surface area contributed by atoms with Crippen LogP contribution in [0, 0.1) is 0 Å². The number of carbonyl (C=O) groups is 1. The number of aromatic nitrogens is 4. The maximum atomic E-state index is 13.0. The molecule has 138 valence electrons. The van der Waals surface area contributed by atoms with Gasteiger partial charge in [0.2, 0.25) is 0 Å². The molecule has 10 heteroatoms. The Morgan fingerprint density at radius 2 is 2.22 bits per heavy atom. The lowest BCUT2D eigenvalue weighted by Gasteiger charge is -2.10. The molecule has 0 saturated heterocycles. The van der Waals surface area contributed by atoms with E-state index in [9.17, 15) is 14.0 Å². The quantitative estimate of drug-likeness (QED) is 0.723. The molecule has 3 heterocycles. The van der Waals surface area contributed by atoms with E-state index < -0.39 is 12.1 Å². The third-order valence-electron chi connectivity index (χ3n) is 4.18. The second-order valence-corrected chi connectivity index (χ2v) is 6.11. The summed E-state index contributed by atoms with van der Waals surface area (Å²) in [4.78, 5) is 32.7. The molecule has 1 aliphatic carbocycles. The van der Waals surface area contributed by atoms with Crippen molar-refractivity contribution < 1.29 is 9.18 Å². The average molecular weight is 369 g/mol. The number of hydrogen-bond donors (Lipinski definition) is 2. The van der Waals surface area contributed by atoms with Gasteiger partial charge in [0.15, 0.2) is 5.65 Å². The molecule has 9 nitrogen and oxygen atoms in total. The Balaban J connectivity index is 1.78. The second kappa shape index (κ2) is 6.31. The van der Waals surface area contributed by atoms with Gasteiger partial charge in [-0.1, -0.05) is 0 Å². The van der Waals surface area contributed by atoms with E-state index in [1.807, 2.05) is 0 Å². The minimum atomic E-state index is -1.14. The van der Waals surface area contributed by atoms with Crippen molar-refractivity contribution in [1.82, 2.24) is 19.2 Å². The van der Waals surface area contributed by atoms with Crippen LogP contribution in [0.3, 0.4) is 0 Å². The zero-order valence-corrected chi connectivity index (χ0v) is 14.6. The molecule has 0 bridgehead atoms. The van der Waals surface area contributed by atoms with Crippen molar-refractivity contribution in [2.24, 2.45) is 12.0 Å². The van der Waals surface area contributed by atoms with Crippen molar-refractivity contribution in [2.75, 3.05) is 17.7 Å². The van der Waals surface area contributed by atoms with Crippen molar-refractivity contribution in [3.63, 3.8) is 0 Å². The first-order chi connectivity index (χ1) is 13.0. The minimum absolute atomic E-state index is 0.155. The van der Waals surface area contributed by atoms with Gasteiger partial charge in [0.05, 0.1) is 11.9 Å². The Kier molecular flexibility index (Phi) is 3.94. The van der Waals surface area contributed by atoms with Crippen LogP contribution in [0.1, 0.15) is 16.8 Å². The molecule has 1 atom stereocenters. The first-order valence-corrected chi connectivity index (χ1v) is 8.23. The van der Waals surface area contributed by atoms with Crippen molar-refractivity contribution in [3.8, 4) is 0 Å². The number of hydrogen-bond acceptors (Lipinski definition) is 6. The third kappa shape index (κ3) is 3.05. The molecule has 1 fully saturated rings. The number of aryl methyl sites for hydroxylation is 1. The smallest absolute Gasteiger partial charge is 0.282 e. The molecule has 3 aromatic heterocycles. The van der Waals surface area contributed by atoms with Gasteiger partial charge < -0.3 is 15.2 Å². The molecule has 0 unspecified atom stereocenters. The highest BCUT2D eigenvalue weighted by Crippen LogP contribution is 2.24. The second-order valence-electron chi connectivity index (χ2n) is 6.11. The zero-order chi connectivity index (χ0) is 19.1. The number of carbonyl (C=O) groups excluding carboxylic acids is 1. The van der Waals surface area contributed by atoms with E-state index in [0.717, 1.165) is 0 Å². The van der Waals surface area contributed by atoms with Gasteiger partial charge in [-0.2, -0.15) is 9.61 Å². The first kappa shape index (κ1) is 16.9. The summed E-state index contributed by atoms with van der Waals surface area (Å²) in [5, 5.41) is 10.1. The van der Waals surface area contributed by atoms with E-state index in [0.29, 0.717) is 17.3 Å². The number of nitrogens with zero attached hydrogens (tertiary/aromatic N) is 5. The lowest BCUT2D eigenvalue weighted by Crippen LogP contribution is -2.19. The van der Waals surface area contributed by atoms with Gasteiger partial charge in [0.1, 0.15) is 29.1 Å². The number of alkyl halides is 1. The molecule has 3 aromatic rings. The van der Waals surface area contributed by atoms with E-state index in [1.165, 1.54) is 15.3 Å². The molecule has 0 aromatic carbocycles. The van der Waals surface area contributed by atoms with E-state index in [-0.39, 0.29) is 28.9 Å². The molecule has 0 spiro atoms. The summed E-state index contributed by atoms with van der Waals surface area (Å²) < 4.78 is 15.9. The normalized spacial score (nSPS) is 17.3. The maximum Gasteiger partial charge on any atom is 0.282 e. The van der Waals surface area contributed by atoms with Gasteiger partial charge >= 0.3 is 0 Å². The van der Waals surface area contributed by atoms with Gasteiger partial charge in [-0.05, 0) is 12.1 Å². The van der Waals surface area contributed by atoms with Crippen molar-refractivity contribution in [2.45, 2.75) is 12.6 Å². The number of fused-ring (bicyclic) bond motifs is 1. The third-order valence-corrected chi connectivity index (χ3v) is 4.18. The SMILES string of the molecule is CNc1cc(Nc2cccn(C)c2=O)nc2c(C(=O)N=C3C[C@@H]3F)cnn12. The van der Waals surface area contributed by atoms with Crippen LogP contribution < -0.4 is 16.2 Å². The van der Waals surface area contributed by atoms with Gasteiger partial charge in [-0.25, -0.2) is 14.4 Å². The zero-order valence-electron chi connectivity index (χ0n) is 14.6. The number of halogens is 1. The van der Waals surface area contributed by atoms with Crippen LogP contribution in [0.5, 0.6) is 0 Å². The predicted octanol–water partition coefficient (Wildman–Crippen LogP) is 1.54. The van der Waals surface area contributed by atoms with Crippen LogP contribution in [0.4, 0.5) is 21.7 Å². The number of amides is 1. The summed E-state index contributed by atoms with van der Waals surface area (Å²) >= 11 is 0. The number of rotatable bonds is 4.